The highest BCUT2D eigenvalue weighted by Crippen LogP contribution is 2.26. The molecule has 1 amide bonds. The van der Waals surface area contributed by atoms with Gasteiger partial charge in [0.2, 0.25) is 0 Å². The number of benzene rings is 2. The smallest absolute Gasteiger partial charge is 0.269 e. The maximum atomic E-state index is 12.3. The quantitative estimate of drug-likeness (QED) is 0.673. The zero-order chi connectivity index (χ0) is 20.4. The Morgan fingerprint density at radius 1 is 1.21 bits per heavy atom. The van der Waals surface area contributed by atoms with Crippen LogP contribution in [0.3, 0.4) is 0 Å². The van der Waals surface area contributed by atoms with Crippen molar-refractivity contribution in [3.63, 3.8) is 0 Å². The van der Waals surface area contributed by atoms with E-state index in [-0.39, 0.29) is 12.1 Å². The predicted octanol–water partition coefficient (Wildman–Crippen LogP) is 3.71. The van der Waals surface area contributed by atoms with Crippen molar-refractivity contribution in [3.05, 3.63) is 71.4 Å². The molecule has 0 saturated heterocycles. The van der Waals surface area contributed by atoms with Crippen molar-refractivity contribution in [2.24, 2.45) is 0 Å². The van der Waals surface area contributed by atoms with Crippen molar-refractivity contribution in [1.82, 2.24) is 20.4 Å². The van der Waals surface area contributed by atoms with Gasteiger partial charge in [-0.25, -0.2) is 4.68 Å². The Balaban J connectivity index is 1.54. The number of hydrogen-bond acceptors (Lipinski definition) is 4. The molecular formula is C23H26N4O2. The SMILES string of the molecule is COc1cccc(-c2cc3n(n2)[C@H](NCc2ccc(C(C)C)cc2)CNC3=O)c1. The predicted molar refractivity (Wildman–Crippen MR) is 113 cm³/mol. The lowest BCUT2D eigenvalue weighted by molar-refractivity contribution is 0.0900. The first kappa shape index (κ1) is 19.2. The average molecular weight is 390 g/mol. The summed E-state index contributed by atoms with van der Waals surface area (Å²) in [6.07, 6.45) is -0.105. The average Bonchev–Trinajstić information content (AvgIpc) is 3.20. The molecule has 0 unspecified atom stereocenters. The number of carbonyl (C=O) groups is 1. The second-order valence-corrected chi connectivity index (χ2v) is 7.59. The summed E-state index contributed by atoms with van der Waals surface area (Å²) >= 11 is 0. The van der Waals surface area contributed by atoms with Gasteiger partial charge in [0.05, 0.1) is 19.3 Å². The van der Waals surface area contributed by atoms with Crippen LogP contribution in [0.4, 0.5) is 0 Å². The summed E-state index contributed by atoms with van der Waals surface area (Å²) in [7, 11) is 1.64. The van der Waals surface area contributed by atoms with Gasteiger partial charge in [-0.15, -0.1) is 0 Å². The van der Waals surface area contributed by atoms with Crippen LogP contribution in [0.25, 0.3) is 11.3 Å². The number of ether oxygens (including phenoxy) is 1. The third-order valence-corrected chi connectivity index (χ3v) is 5.27. The first-order valence-corrected chi connectivity index (χ1v) is 9.89. The van der Waals surface area contributed by atoms with Gasteiger partial charge in [0.25, 0.3) is 5.91 Å². The number of methoxy groups -OCH3 is 1. The van der Waals surface area contributed by atoms with Crippen LogP contribution >= 0.6 is 0 Å². The van der Waals surface area contributed by atoms with E-state index in [1.54, 1.807) is 11.8 Å². The standard InChI is InChI=1S/C23H26N4O2/c1-15(2)17-9-7-16(8-10-17)13-24-22-14-25-23(28)21-12-20(26-27(21)22)18-5-4-6-19(11-18)29-3/h4-12,15,22,24H,13-14H2,1-3H3,(H,25,28)/t22-/m0/s1. The lowest BCUT2D eigenvalue weighted by Crippen LogP contribution is -2.45. The molecule has 6 heteroatoms. The molecule has 2 N–H and O–H groups in total. The zero-order valence-electron chi connectivity index (χ0n) is 17.0. The van der Waals surface area contributed by atoms with Crippen molar-refractivity contribution in [3.8, 4) is 17.0 Å². The van der Waals surface area contributed by atoms with E-state index in [2.05, 4.69) is 48.7 Å². The maximum Gasteiger partial charge on any atom is 0.269 e. The molecule has 29 heavy (non-hydrogen) atoms. The molecule has 1 aliphatic rings. The zero-order valence-corrected chi connectivity index (χ0v) is 17.0. The molecule has 2 heterocycles. The van der Waals surface area contributed by atoms with E-state index in [1.807, 2.05) is 30.3 Å². The summed E-state index contributed by atoms with van der Waals surface area (Å²) in [4.78, 5) is 12.3. The van der Waals surface area contributed by atoms with Gasteiger partial charge in [0, 0.05) is 12.1 Å². The van der Waals surface area contributed by atoms with Crippen LogP contribution in [0.5, 0.6) is 5.75 Å². The van der Waals surface area contributed by atoms with Gasteiger partial charge in [-0.05, 0) is 35.2 Å². The van der Waals surface area contributed by atoms with Gasteiger partial charge in [0.1, 0.15) is 17.6 Å². The van der Waals surface area contributed by atoms with Gasteiger partial charge >= 0.3 is 0 Å². The summed E-state index contributed by atoms with van der Waals surface area (Å²) in [5.74, 6) is 1.18. The Labute approximate surface area is 170 Å². The molecule has 3 aromatic rings. The van der Waals surface area contributed by atoms with Crippen molar-refractivity contribution in [2.45, 2.75) is 32.5 Å². The van der Waals surface area contributed by atoms with Gasteiger partial charge in [0.15, 0.2) is 0 Å². The molecule has 1 atom stereocenters. The highest BCUT2D eigenvalue weighted by molar-refractivity contribution is 5.94. The number of fused-ring (bicyclic) bond motifs is 1. The van der Waals surface area contributed by atoms with Crippen molar-refractivity contribution in [2.75, 3.05) is 13.7 Å². The summed E-state index contributed by atoms with van der Waals surface area (Å²) < 4.78 is 7.09. The van der Waals surface area contributed by atoms with Crippen LogP contribution in [0.1, 0.15) is 47.5 Å². The lowest BCUT2D eigenvalue weighted by Gasteiger charge is -2.26. The Hall–Kier alpha value is -3.12. The second kappa shape index (κ2) is 8.09. The molecule has 6 nitrogen and oxygen atoms in total. The van der Waals surface area contributed by atoms with Crippen molar-refractivity contribution in [1.29, 1.82) is 0 Å². The number of carbonyl (C=O) groups excluding carboxylic acids is 1. The molecule has 1 aliphatic heterocycles. The number of nitrogens with zero attached hydrogens (tertiary/aromatic N) is 2. The summed E-state index contributed by atoms with van der Waals surface area (Å²) in [5, 5.41) is 11.2. The molecule has 150 valence electrons. The van der Waals surface area contributed by atoms with Gasteiger partial charge < -0.3 is 10.1 Å². The number of amides is 1. The third kappa shape index (κ3) is 4.03. The normalized spacial score (nSPS) is 15.9. The fourth-order valence-electron chi connectivity index (χ4n) is 3.51. The molecule has 0 fully saturated rings. The van der Waals surface area contributed by atoms with Crippen LogP contribution in [0.15, 0.2) is 54.6 Å². The van der Waals surface area contributed by atoms with E-state index in [1.165, 1.54) is 11.1 Å². The van der Waals surface area contributed by atoms with Crippen molar-refractivity contribution >= 4 is 5.91 Å². The number of aromatic nitrogens is 2. The van der Waals surface area contributed by atoms with Gasteiger partial charge in [-0.2, -0.15) is 5.10 Å². The van der Waals surface area contributed by atoms with E-state index in [0.29, 0.717) is 24.7 Å². The van der Waals surface area contributed by atoms with Crippen LogP contribution < -0.4 is 15.4 Å². The molecule has 4 rings (SSSR count). The summed E-state index contributed by atoms with van der Waals surface area (Å²) in [6.45, 7) is 5.58. The Bertz CT molecular complexity index is 1010. The molecule has 1 aromatic heterocycles. The summed E-state index contributed by atoms with van der Waals surface area (Å²) in [6, 6.07) is 18.2. The first-order valence-electron chi connectivity index (χ1n) is 9.89. The molecule has 2 aromatic carbocycles. The fourth-order valence-corrected chi connectivity index (χ4v) is 3.51. The second-order valence-electron chi connectivity index (χ2n) is 7.59. The third-order valence-electron chi connectivity index (χ3n) is 5.27. The monoisotopic (exact) mass is 390 g/mol. The number of nitrogens with one attached hydrogen (secondary N) is 2. The van der Waals surface area contributed by atoms with E-state index < -0.39 is 0 Å². The minimum absolute atomic E-state index is 0.105. The Kier molecular flexibility index (Phi) is 5.36. The van der Waals surface area contributed by atoms with Gasteiger partial charge in [-0.3, -0.25) is 10.1 Å². The highest BCUT2D eigenvalue weighted by atomic mass is 16.5. The molecular weight excluding hydrogens is 364 g/mol. The first-order chi connectivity index (χ1) is 14.0. The Morgan fingerprint density at radius 3 is 2.72 bits per heavy atom. The number of hydrogen-bond donors (Lipinski definition) is 2. The highest BCUT2D eigenvalue weighted by Gasteiger charge is 2.27. The van der Waals surface area contributed by atoms with E-state index >= 15 is 0 Å². The van der Waals surface area contributed by atoms with E-state index in [0.717, 1.165) is 17.0 Å². The minimum atomic E-state index is -0.106. The van der Waals surface area contributed by atoms with E-state index in [4.69, 9.17) is 9.84 Å². The fraction of sp³-hybridized carbons (Fsp3) is 0.304. The van der Waals surface area contributed by atoms with Crippen LogP contribution in [-0.2, 0) is 6.54 Å². The lowest BCUT2D eigenvalue weighted by atomic mass is 10.0. The van der Waals surface area contributed by atoms with Crippen molar-refractivity contribution < 1.29 is 9.53 Å². The largest absolute Gasteiger partial charge is 0.497 e. The molecule has 0 saturated carbocycles. The van der Waals surface area contributed by atoms with Crippen LogP contribution in [0, 0.1) is 0 Å². The maximum absolute atomic E-state index is 12.3. The minimum Gasteiger partial charge on any atom is -0.497 e. The topological polar surface area (TPSA) is 68.2 Å². The Morgan fingerprint density at radius 2 is 2.00 bits per heavy atom. The molecule has 0 aliphatic carbocycles. The molecule has 0 radical (unpaired) electrons. The van der Waals surface area contributed by atoms with Gasteiger partial charge in [-0.1, -0.05) is 50.2 Å². The van der Waals surface area contributed by atoms with Crippen LogP contribution in [0.2, 0.25) is 0 Å². The van der Waals surface area contributed by atoms with Crippen LogP contribution in [-0.4, -0.2) is 29.3 Å². The van der Waals surface area contributed by atoms with E-state index in [9.17, 15) is 4.79 Å². The molecule has 0 bridgehead atoms. The number of rotatable bonds is 6. The summed E-state index contributed by atoms with van der Waals surface area (Å²) in [5.41, 5.74) is 4.76. The molecule has 0 spiro atoms.